The molecular weight excluding hydrogens is 350 g/mol. The molecule has 0 fully saturated rings. The molecule has 8 heteroatoms. The van der Waals surface area contributed by atoms with Crippen molar-refractivity contribution in [2.75, 3.05) is 6.79 Å². The van der Waals surface area contributed by atoms with E-state index in [1.807, 2.05) is 60.1 Å². The van der Waals surface area contributed by atoms with Gasteiger partial charge in [0.05, 0.1) is 5.69 Å². The van der Waals surface area contributed by atoms with Crippen LogP contribution in [-0.2, 0) is 13.5 Å². The maximum absolute atomic E-state index is 8.80. The molecule has 0 aliphatic carbocycles. The minimum absolute atomic E-state index is 0.249. The van der Waals surface area contributed by atoms with Gasteiger partial charge in [-0.2, -0.15) is 0 Å². The van der Waals surface area contributed by atoms with E-state index in [0.717, 1.165) is 32.7 Å². The van der Waals surface area contributed by atoms with E-state index in [2.05, 4.69) is 15.0 Å². The zero-order chi connectivity index (χ0) is 17.9. The number of azide groups is 1. The predicted molar refractivity (Wildman–Crippen MR) is 98.0 cm³/mol. The molecule has 0 atom stereocenters. The lowest BCUT2D eigenvalue weighted by atomic mass is 10.1. The van der Waals surface area contributed by atoms with Gasteiger partial charge in [0.25, 0.3) is 0 Å². The van der Waals surface area contributed by atoms with Crippen molar-refractivity contribution in [2.24, 2.45) is 12.2 Å². The van der Waals surface area contributed by atoms with Gasteiger partial charge >= 0.3 is 0 Å². The van der Waals surface area contributed by atoms with Gasteiger partial charge in [0.15, 0.2) is 17.4 Å². The highest BCUT2D eigenvalue weighted by Gasteiger charge is 2.18. The zero-order valence-corrected chi connectivity index (χ0v) is 14.8. The highest BCUT2D eigenvalue weighted by atomic mass is 32.2. The number of aromatic nitrogens is 2. The number of rotatable bonds is 5. The standard InChI is InChI=1S/C18H15N5O2S/c1-23-17(26-13-5-3-2-4-6-13)14(20-18(23)21-22-19)9-12-7-8-15-16(10-12)25-11-24-15/h2-8,10H,9,11H2,1H3. The van der Waals surface area contributed by atoms with Gasteiger partial charge in [-0.15, -0.1) is 0 Å². The minimum atomic E-state index is 0.249. The summed E-state index contributed by atoms with van der Waals surface area (Å²) in [7, 11) is 1.85. The van der Waals surface area contributed by atoms with Crippen LogP contribution in [0.15, 0.2) is 63.6 Å². The van der Waals surface area contributed by atoms with E-state index in [4.69, 9.17) is 15.0 Å². The Morgan fingerprint density at radius 2 is 2.00 bits per heavy atom. The molecule has 0 spiro atoms. The summed E-state index contributed by atoms with van der Waals surface area (Å²) < 4.78 is 12.6. The lowest BCUT2D eigenvalue weighted by molar-refractivity contribution is 0.174. The van der Waals surface area contributed by atoms with Crippen molar-refractivity contribution in [2.45, 2.75) is 16.3 Å². The average molecular weight is 365 g/mol. The predicted octanol–water partition coefficient (Wildman–Crippen LogP) is 4.83. The molecule has 26 heavy (non-hydrogen) atoms. The second-order valence-corrected chi connectivity index (χ2v) is 6.75. The van der Waals surface area contributed by atoms with Crippen LogP contribution < -0.4 is 9.47 Å². The normalized spacial score (nSPS) is 12.0. The van der Waals surface area contributed by atoms with Gasteiger partial charge in [0.2, 0.25) is 6.79 Å². The van der Waals surface area contributed by atoms with Crippen molar-refractivity contribution in [3.05, 3.63) is 70.2 Å². The molecule has 1 aliphatic heterocycles. The summed E-state index contributed by atoms with van der Waals surface area (Å²) in [6.45, 7) is 0.249. The van der Waals surface area contributed by atoms with Crippen molar-refractivity contribution < 1.29 is 9.47 Å². The lowest BCUT2D eigenvalue weighted by Gasteiger charge is -2.07. The molecule has 0 radical (unpaired) electrons. The van der Waals surface area contributed by atoms with Crippen LogP contribution in [0.3, 0.4) is 0 Å². The van der Waals surface area contributed by atoms with Gasteiger partial charge in [-0.05, 0) is 40.5 Å². The Balaban J connectivity index is 1.70. The van der Waals surface area contributed by atoms with Crippen molar-refractivity contribution in [3.63, 3.8) is 0 Å². The fourth-order valence-corrected chi connectivity index (χ4v) is 3.72. The number of hydrogen-bond acceptors (Lipinski definition) is 5. The van der Waals surface area contributed by atoms with E-state index < -0.39 is 0 Å². The van der Waals surface area contributed by atoms with Crippen LogP contribution in [0.4, 0.5) is 5.95 Å². The Hall–Kier alpha value is -3.09. The first-order valence-corrected chi connectivity index (χ1v) is 8.78. The summed E-state index contributed by atoms with van der Waals surface area (Å²) in [6.07, 6.45) is 0.598. The first-order valence-electron chi connectivity index (χ1n) is 7.96. The Labute approximate surface area is 154 Å². The van der Waals surface area contributed by atoms with Crippen LogP contribution in [0, 0.1) is 0 Å². The van der Waals surface area contributed by atoms with E-state index in [1.54, 1.807) is 11.8 Å². The topological polar surface area (TPSA) is 85.0 Å². The molecule has 0 saturated carbocycles. The molecule has 2 heterocycles. The Morgan fingerprint density at radius 1 is 1.19 bits per heavy atom. The summed E-state index contributed by atoms with van der Waals surface area (Å²) in [5.41, 5.74) is 10.7. The van der Waals surface area contributed by atoms with Crippen LogP contribution in [-0.4, -0.2) is 16.3 Å². The van der Waals surface area contributed by atoms with Crippen molar-refractivity contribution in [3.8, 4) is 11.5 Å². The molecule has 1 aliphatic rings. The molecule has 0 saturated heterocycles. The van der Waals surface area contributed by atoms with Gasteiger partial charge in [-0.25, -0.2) is 4.98 Å². The molecular formula is C18H15N5O2S. The number of nitrogens with zero attached hydrogens (tertiary/aromatic N) is 5. The van der Waals surface area contributed by atoms with Gasteiger partial charge < -0.3 is 14.0 Å². The van der Waals surface area contributed by atoms with Crippen LogP contribution in [0.1, 0.15) is 11.3 Å². The molecule has 7 nitrogen and oxygen atoms in total. The molecule has 1 aromatic heterocycles. The highest BCUT2D eigenvalue weighted by Crippen LogP contribution is 2.36. The molecule has 0 bridgehead atoms. The number of fused-ring (bicyclic) bond motifs is 1. The molecule has 0 amide bonds. The van der Waals surface area contributed by atoms with Gasteiger partial charge in [0.1, 0.15) is 5.03 Å². The number of benzene rings is 2. The first-order chi connectivity index (χ1) is 12.7. The first kappa shape index (κ1) is 16.4. The van der Waals surface area contributed by atoms with Crippen LogP contribution in [0.5, 0.6) is 11.5 Å². The van der Waals surface area contributed by atoms with Gasteiger partial charge in [-0.3, -0.25) is 0 Å². The fraction of sp³-hybridized carbons (Fsp3) is 0.167. The summed E-state index contributed by atoms with van der Waals surface area (Å²) in [5.74, 6) is 1.84. The maximum Gasteiger partial charge on any atom is 0.231 e. The summed E-state index contributed by atoms with van der Waals surface area (Å²) >= 11 is 1.59. The Morgan fingerprint density at radius 3 is 2.81 bits per heavy atom. The van der Waals surface area contributed by atoms with Crippen LogP contribution >= 0.6 is 11.8 Å². The van der Waals surface area contributed by atoms with E-state index >= 15 is 0 Å². The molecule has 0 N–H and O–H groups in total. The van der Waals surface area contributed by atoms with Crippen molar-refractivity contribution >= 4 is 17.7 Å². The molecule has 2 aromatic carbocycles. The van der Waals surface area contributed by atoms with E-state index in [-0.39, 0.29) is 6.79 Å². The SMILES string of the molecule is Cn1c(N=[N+]=[N-])nc(Cc2ccc3c(c2)OCO3)c1Sc1ccccc1. The second kappa shape index (κ2) is 7.03. The van der Waals surface area contributed by atoms with Crippen molar-refractivity contribution in [1.82, 2.24) is 9.55 Å². The van der Waals surface area contributed by atoms with Gasteiger partial charge in [0, 0.05) is 23.3 Å². The Kier molecular flexibility index (Phi) is 4.43. The largest absolute Gasteiger partial charge is 0.454 e. The summed E-state index contributed by atoms with van der Waals surface area (Å²) in [5, 5.41) is 4.64. The van der Waals surface area contributed by atoms with Crippen LogP contribution in [0.2, 0.25) is 0 Å². The molecule has 0 unspecified atom stereocenters. The smallest absolute Gasteiger partial charge is 0.231 e. The number of imidazole rings is 1. The number of hydrogen-bond donors (Lipinski definition) is 0. The third kappa shape index (κ3) is 3.20. The zero-order valence-electron chi connectivity index (χ0n) is 14.0. The molecule has 3 aromatic rings. The third-order valence-electron chi connectivity index (χ3n) is 3.99. The summed E-state index contributed by atoms with van der Waals surface area (Å²) in [6, 6.07) is 15.9. The fourth-order valence-electron chi connectivity index (χ4n) is 2.74. The van der Waals surface area contributed by atoms with E-state index in [9.17, 15) is 0 Å². The van der Waals surface area contributed by atoms with E-state index in [1.165, 1.54) is 0 Å². The molecule has 4 rings (SSSR count). The monoisotopic (exact) mass is 365 g/mol. The highest BCUT2D eigenvalue weighted by molar-refractivity contribution is 7.99. The lowest BCUT2D eigenvalue weighted by Crippen LogP contribution is -1.94. The summed E-state index contributed by atoms with van der Waals surface area (Å²) in [4.78, 5) is 8.51. The quantitative estimate of drug-likeness (QED) is 0.368. The second-order valence-electron chi connectivity index (χ2n) is 5.69. The maximum atomic E-state index is 8.80. The molecule has 130 valence electrons. The van der Waals surface area contributed by atoms with Crippen molar-refractivity contribution in [1.29, 1.82) is 0 Å². The van der Waals surface area contributed by atoms with Gasteiger partial charge in [-0.1, -0.05) is 36.0 Å². The third-order valence-corrected chi connectivity index (χ3v) is 5.20. The average Bonchev–Trinajstić information content (AvgIpc) is 3.23. The van der Waals surface area contributed by atoms with Crippen LogP contribution in [0.25, 0.3) is 10.4 Å². The minimum Gasteiger partial charge on any atom is -0.454 e. The van der Waals surface area contributed by atoms with E-state index in [0.29, 0.717) is 12.4 Å². The Bertz CT molecular complexity index is 996. The number of ether oxygens (including phenoxy) is 2.